The summed E-state index contributed by atoms with van der Waals surface area (Å²) in [5, 5.41) is 12.3. The number of rotatable bonds is 0. The van der Waals surface area contributed by atoms with Crippen LogP contribution in [0.1, 0.15) is 5.56 Å². The van der Waals surface area contributed by atoms with E-state index in [1.165, 1.54) is 0 Å². The summed E-state index contributed by atoms with van der Waals surface area (Å²) in [6.45, 7) is 0. The minimum Gasteiger partial charge on any atom is -0.352 e. The van der Waals surface area contributed by atoms with Crippen LogP contribution < -0.4 is 10.2 Å². The third-order valence-corrected chi connectivity index (χ3v) is 3.02. The second-order valence-corrected chi connectivity index (χ2v) is 4.04. The molecule has 0 fully saturated rings. The monoisotopic (exact) mass is 221 g/mol. The standard InChI is InChI=1S/C14H11N3/c1-17-13-5-3-2-4-11(13)16-12-7-6-10(9-15)8-14(12)17/h2-8,16H,1H3. The largest absolute Gasteiger partial charge is 0.352 e. The minimum atomic E-state index is 0.678. The zero-order valence-corrected chi connectivity index (χ0v) is 9.44. The fourth-order valence-corrected chi connectivity index (χ4v) is 2.13. The third kappa shape index (κ3) is 1.42. The molecule has 0 saturated heterocycles. The molecule has 2 aromatic carbocycles. The summed E-state index contributed by atoms with van der Waals surface area (Å²) in [5.41, 5.74) is 4.95. The van der Waals surface area contributed by atoms with E-state index >= 15 is 0 Å². The summed E-state index contributed by atoms with van der Waals surface area (Å²) in [6, 6.07) is 16.0. The Morgan fingerprint density at radius 3 is 2.65 bits per heavy atom. The topological polar surface area (TPSA) is 39.1 Å². The number of nitrogens with zero attached hydrogens (tertiary/aromatic N) is 2. The van der Waals surface area contributed by atoms with Crippen LogP contribution in [0, 0.1) is 11.3 Å². The predicted molar refractivity (Wildman–Crippen MR) is 68.9 cm³/mol. The Morgan fingerprint density at radius 1 is 1.06 bits per heavy atom. The molecule has 3 nitrogen and oxygen atoms in total. The van der Waals surface area contributed by atoms with Gasteiger partial charge in [-0.15, -0.1) is 0 Å². The van der Waals surface area contributed by atoms with Crippen molar-refractivity contribution in [1.29, 1.82) is 5.26 Å². The van der Waals surface area contributed by atoms with Crippen LogP contribution in [0.25, 0.3) is 0 Å². The predicted octanol–water partition coefficient (Wildman–Crippen LogP) is 3.38. The molecule has 0 bridgehead atoms. The summed E-state index contributed by atoms with van der Waals surface area (Å²) in [4.78, 5) is 2.10. The molecule has 1 N–H and O–H groups in total. The van der Waals surface area contributed by atoms with E-state index in [9.17, 15) is 0 Å². The molecule has 0 radical (unpaired) electrons. The molecule has 17 heavy (non-hydrogen) atoms. The van der Waals surface area contributed by atoms with Gasteiger partial charge in [0.1, 0.15) is 0 Å². The quantitative estimate of drug-likeness (QED) is 0.741. The van der Waals surface area contributed by atoms with Gasteiger partial charge in [0.25, 0.3) is 0 Å². The number of hydrogen-bond acceptors (Lipinski definition) is 3. The number of benzene rings is 2. The minimum absolute atomic E-state index is 0.678. The van der Waals surface area contributed by atoms with E-state index < -0.39 is 0 Å². The van der Waals surface area contributed by atoms with Crippen LogP contribution in [0.2, 0.25) is 0 Å². The van der Waals surface area contributed by atoms with Crippen molar-refractivity contribution in [3.63, 3.8) is 0 Å². The summed E-state index contributed by atoms with van der Waals surface area (Å²) >= 11 is 0. The van der Waals surface area contributed by atoms with Gasteiger partial charge < -0.3 is 10.2 Å². The van der Waals surface area contributed by atoms with Crippen molar-refractivity contribution in [1.82, 2.24) is 0 Å². The Bertz CT molecular complexity index is 626. The van der Waals surface area contributed by atoms with Gasteiger partial charge in [0.15, 0.2) is 0 Å². The van der Waals surface area contributed by atoms with Crippen LogP contribution in [-0.2, 0) is 0 Å². The van der Waals surface area contributed by atoms with Crippen LogP contribution in [0.3, 0.4) is 0 Å². The van der Waals surface area contributed by atoms with Gasteiger partial charge in [0, 0.05) is 7.05 Å². The lowest BCUT2D eigenvalue weighted by Gasteiger charge is -2.30. The Labute approximate surface area is 99.9 Å². The SMILES string of the molecule is CN1c2ccccc2Nc2ccc(C#N)cc21. The highest BCUT2D eigenvalue weighted by atomic mass is 15.2. The fraction of sp³-hybridized carbons (Fsp3) is 0.0714. The highest BCUT2D eigenvalue weighted by Gasteiger charge is 2.18. The van der Waals surface area contributed by atoms with E-state index in [0.29, 0.717) is 5.56 Å². The first-order valence-corrected chi connectivity index (χ1v) is 5.43. The number of nitriles is 1. The first kappa shape index (κ1) is 9.73. The lowest BCUT2D eigenvalue weighted by molar-refractivity contribution is 1.18. The molecule has 1 aliphatic rings. The summed E-state index contributed by atoms with van der Waals surface area (Å²) < 4.78 is 0. The average Bonchev–Trinajstić information content (AvgIpc) is 2.39. The lowest BCUT2D eigenvalue weighted by Crippen LogP contribution is -2.17. The summed E-state index contributed by atoms with van der Waals surface area (Å²) in [5.74, 6) is 0. The van der Waals surface area contributed by atoms with Gasteiger partial charge in [-0.3, -0.25) is 0 Å². The van der Waals surface area contributed by atoms with E-state index in [4.69, 9.17) is 5.26 Å². The van der Waals surface area contributed by atoms with Crippen molar-refractivity contribution in [2.75, 3.05) is 17.3 Å². The highest BCUT2D eigenvalue weighted by Crippen LogP contribution is 2.42. The molecule has 1 aliphatic heterocycles. The van der Waals surface area contributed by atoms with E-state index in [1.807, 2.05) is 43.4 Å². The molecule has 0 spiro atoms. The molecule has 0 aliphatic carbocycles. The van der Waals surface area contributed by atoms with E-state index in [2.05, 4.69) is 22.4 Å². The van der Waals surface area contributed by atoms with Gasteiger partial charge in [-0.2, -0.15) is 5.26 Å². The smallest absolute Gasteiger partial charge is 0.0992 e. The zero-order valence-electron chi connectivity index (χ0n) is 9.44. The van der Waals surface area contributed by atoms with Gasteiger partial charge in [-0.1, -0.05) is 12.1 Å². The highest BCUT2D eigenvalue weighted by molar-refractivity contribution is 5.91. The second-order valence-electron chi connectivity index (χ2n) is 4.04. The molecule has 0 amide bonds. The Kier molecular flexibility index (Phi) is 2.02. The maximum atomic E-state index is 8.93. The molecule has 82 valence electrons. The number of para-hydroxylation sites is 2. The molecule has 0 saturated carbocycles. The van der Waals surface area contributed by atoms with Gasteiger partial charge >= 0.3 is 0 Å². The van der Waals surface area contributed by atoms with Gasteiger partial charge in [0.2, 0.25) is 0 Å². The Balaban J connectivity index is 2.17. The molecule has 0 aromatic heterocycles. The van der Waals surface area contributed by atoms with E-state index in [0.717, 1.165) is 22.7 Å². The van der Waals surface area contributed by atoms with Crippen LogP contribution >= 0.6 is 0 Å². The summed E-state index contributed by atoms with van der Waals surface area (Å²) in [6.07, 6.45) is 0. The van der Waals surface area contributed by atoms with E-state index in [1.54, 1.807) is 0 Å². The van der Waals surface area contributed by atoms with Crippen LogP contribution in [0.5, 0.6) is 0 Å². The van der Waals surface area contributed by atoms with Crippen molar-refractivity contribution in [2.24, 2.45) is 0 Å². The number of fused-ring (bicyclic) bond motifs is 2. The van der Waals surface area contributed by atoms with Gasteiger partial charge in [0.05, 0.1) is 34.4 Å². The molecular weight excluding hydrogens is 210 g/mol. The first-order valence-electron chi connectivity index (χ1n) is 5.43. The maximum absolute atomic E-state index is 8.93. The molecule has 3 heteroatoms. The van der Waals surface area contributed by atoms with Crippen molar-refractivity contribution < 1.29 is 0 Å². The zero-order chi connectivity index (χ0) is 11.8. The second kappa shape index (κ2) is 3.53. The van der Waals surface area contributed by atoms with Crippen LogP contribution in [-0.4, -0.2) is 7.05 Å². The molecule has 3 rings (SSSR count). The van der Waals surface area contributed by atoms with Gasteiger partial charge in [-0.05, 0) is 30.3 Å². The molecule has 0 unspecified atom stereocenters. The van der Waals surface area contributed by atoms with Crippen molar-refractivity contribution in [2.45, 2.75) is 0 Å². The maximum Gasteiger partial charge on any atom is 0.0992 e. The molecule has 1 heterocycles. The van der Waals surface area contributed by atoms with E-state index in [-0.39, 0.29) is 0 Å². The number of anilines is 4. The van der Waals surface area contributed by atoms with Crippen LogP contribution in [0.4, 0.5) is 22.7 Å². The first-order chi connectivity index (χ1) is 8.29. The molecular formula is C14H11N3. The van der Waals surface area contributed by atoms with Crippen LogP contribution in [0.15, 0.2) is 42.5 Å². The van der Waals surface area contributed by atoms with Crippen molar-refractivity contribution in [3.8, 4) is 6.07 Å². The Hall–Kier alpha value is -2.47. The normalized spacial score (nSPS) is 12.1. The van der Waals surface area contributed by atoms with Crippen molar-refractivity contribution >= 4 is 22.7 Å². The molecule has 2 aromatic rings. The Morgan fingerprint density at radius 2 is 1.82 bits per heavy atom. The lowest BCUT2D eigenvalue weighted by atomic mass is 10.1. The number of nitrogens with one attached hydrogen (secondary N) is 1. The molecule has 0 atom stereocenters. The van der Waals surface area contributed by atoms with Crippen molar-refractivity contribution in [3.05, 3.63) is 48.0 Å². The fourth-order valence-electron chi connectivity index (χ4n) is 2.13. The number of hydrogen-bond donors (Lipinski definition) is 1. The average molecular weight is 221 g/mol. The summed E-state index contributed by atoms with van der Waals surface area (Å²) in [7, 11) is 2.01. The van der Waals surface area contributed by atoms with Gasteiger partial charge in [-0.25, -0.2) is 0 Å². The third-order valence-electron chi connectivity index (χ3n) is 3.02.